The molecule has 0 aromatic heterocycles. The molecule has 25 heavy (non-hydrogen) atoms. The second-order valence-corrected chi connectivity index (χ2v) is 8.06. The van der Waals surface area contributed by atoms with Gasteiger partial charge in [-0.15, -0.1) is 0 Å². The van der Waals surface area contributed by atoms with Crippen molar-refractivity contribution in [1.29, 1.82) is 0 Å². The van der Waals surface area contributed by atoms with Crippen LogP contribution in [0.25, 0.3) is 0 Å². The third-order valence-corrected chi connectivity index (χ3v) is 5.02. The second kappa shape index (κ2) is 8.36. The van der Waals surface area contributed by atoms with E-state index in [4.69, 9.17) is 16.3 Å². The van der Waals surface area contributed by atoms with Gasteiger partial charge in [-0.25, -0.2) is 8.42 Å². The first kappa shape index (κ1) is 19.3. The zero-order valence-electron chi connectivity index (χ0n) is 14.0. The minimum atomic E-state index is -3.23. The molecular formula is C18H20ClNO4S. The highest BCUT2D eigenvalue weighted by Gasteiger charge is 2.14. The van der Waals surface area contributed by atoms with E-state index in [1.165, 1.54) is 0 Å². The highest BCUT2D eigenvalue weighted by molar-refractivity contribution is 7.90. The predicted octanol–water partition coefficient (Wildman–Crippen LogP) is 3.39. The predicted molar refractivity (Wildman–Crippen MR) is 97.7 cm³/mol. The molecule has 0 fully saturated rings. The molecule has 2 aromatic rings. The molecule has 1 atom stereocenters. The molecular weight excluding hydrogens is 362 g/mol. The summed E-state index contributed by atoms with van der Waals surface area (Å²) in [5, 5.41) is 3.48. The summed E-state index contributed by atoms with van der Waals surface area (Å²) in [6.07, 6.45) is 1.83. The van der Waals surface area contributed by atoms with E-state index in [0.29, 0.717) is 17.2 Å². The van der Waals surface area contributed by atoms with Crippen molar-refractivity contribution in [3.8, 4) is 5.75 Å². The van der Waals surface area contributed by atoms with Crippen molar-refractivity contribution in [2.24, 2.45) is 0 Å². The molecule has 134 valence electrons. The topological polar surface area (TPSA) is 72.5 Å². The van der Waals surface area contributed by atoms with E-state index in [9.17, 15) is 13.2 Å². The van der Waals surface area contributed by atoms with E-state index < -0.39 is 9.84 Å². The molecule has 2 aromatic carbocycles. The maximum Gasteiger partial charge on any atom is 0.258 e. The summed E-state index contributed by atoms with van der Waals surface area (Å²) in [7, 11) is -3.23. The molecule has 0 saturated heterocycles. The number of nitrogens with one attached hydrogen (secondary N) is 1. The fourth-order valence-electron chi connectivity index (χ4n) is 2.28. The standard InChI is InChI=1S/C18H20ClNO4S/c1-3-17(13-4-10-16(11-5-13)25(2,22)23)20-18(21)12-24-15-8-6-14(19)7-9-15/h4-11,17H,3,12H2,1-2H3,(H,20,21)/t17-/m0/s1. The van der Waals surface area contributed by atoms with Gasteiger partial charge in [-0.2, -0.15) is 0 Å². The van der Waals surface area contributed by atoms with Crippen molar-refractivity contribution < 1.29 is 17.9 Å². The SMILES string of the molecule is CC[C@H](NC(=O)COc1ccc(Cl)cc1)c1ccc(S(C)(=O)=O)cc1. The molecule has 0 radical (unpaired) electrons. The highest BCUT2D eigenvalue weighted by atomic mass is 35.5. The van der Waals surface area contributed by atoms with E-state index in [-0.39, 0.29) is 23.5 Å². The zero-order valence-corrected chi connectivity index (χ0v) is 15.6. The van der Waals surface area contributed by atoms with Crippen molar-refractivity contribution in [2.75, 3.05) is 12.9 Å². The van der Waals surface area contributed by atoms with Crippen LogP contribution in [0.3, 0.4) is 0 Å². The number of halogens is 1. The normalized spacial score (nSPS) is 12.4. The molecule has 0 aliphatic rings. The van der Waals surface area contributed by atoms with Gasteiger partial charge >= 0.3 is 0 Å². The van der Waals surface area contributed by atoms with Gasteiger partial charge in [0, 0.05) is 11.3 Å². The van der Waals surface area contributed by atoms with Crippen molar-refractivity contribution in [1.82, 2.24) is 5.32 Å². The number of carbonyl (C=O) groups is 1. The summed E-state index contributed by atoms with van der Waals surface area (Å²) in [5.41, 5.74) is 0.842. The Bertz CT molecular complexity index is 817. The third kappa shape index (κ3) is 5.76. The second-order valence-electron chi connectivity index (χ2n) is 5.61. The largest absolute Gasteiger partial charge is 0.484 e. The number of hydrogen-bond acceptors (Lipinski definition) is 4. The van der Waals surface area contributed by atoms with E-state index in [1.54, 1.807) is 48.5 Å². The lowest BCUT2D eigenvalue weighted by Gasteiger charge is -2.18. The Morgan fingerprint density at radius 1 is 1.12 bits per heavy atom. The molecule has 7 heteroatoms. The third-order valence-electron chi connectivity index (χ3n) is 3.64. The van der Waals surface area contributed by atoms with Crippen molar-refractivity contribution in [3.05, 3.63) is 59.1 Å². The summed E-state index contributed by atoms with van der Waals surface area (Å²) >= 11 is 5.80. The van der Waals surface area contributed by atoms with Gasteiger partial charge in [0.25, 0.3) is 5.91 Å². The Morgan fingerprint density at radius 3 is 2.24 bits per heavy atom. The lowest BCUT2D eigenvalue weighted by Crippen LogP contribution is -2.32. The number of sulfone groups is 1. The van der Waals surface area contributed by atoms with E-state index in [0.717, 1.165) is 11.8 Å². The zero-order chi connectivity index (χ0) is 18.4. The molecule has 5 nitrogen and oxygen atoms in total. The van der Waals surface area contributed by atoms with Crippen molar-refractivity contribution in [2.45, 2.75) is 24.3 Å². The molecule has 0 unspecified atom stereocenters. The lowest BCUT2D eigenvalue weighted by molar-refractivity contribution is -0.123. The Kier molecular flexibility index (Phi) is 6.45. The van der Waals surface area contributed by atoms with Gasteiger partial charge < -0.3 is 10.1 Å². The maximum atomic E-state index is 12.1. The van der Waals surface area contributed by atoms with Crippen LogP contribution in [0.1, 0.15) is 24.9 Å². The minimum Gasteiger partial charge on any atom is -0.484 e. The first-order valence-corrected chi connectivity index (χ1v) is 10.0. The summed E-state index contributed by atoms with van der Waals surface area (Å²) < 4.78 is 28.4. The van der Waals surface area contributed by atoms with Gasteiger partial charge in [0.1, 0.15) is 5.75 Å². The Balaban J connectivity index is 1.96. The van der Waals surface area contributed by atoms with Crippen molar-refractivity contribution in [3.63, 3.8) is 0 Å². The number of amides is 1. The molecule has 0 bridgehead atoms. The van der Waals surface area contributed by atoms with Gasteiger partial charge in [-0.05, 0) is 48.4 Å². The number of rotatable bonds is 7. The summed E-state index contributed by atoms with van der Waals surface area (Å²) in [4.78, 5) is 12.3. The number of hydrogen-bond donors (Lipinski definition) is 1. The molecule has 1 amide bonds. The average Bonchev–Trinajstić information content (AvgIpc) is 2.58. The Morgan fingerprint density at radius 2 is 1.72 bits per heavy atom. The number of ether oxygens (including phenoxy) is 1. The quantitative estimate of drug-likeness (QED) is 0.797. The molecule has 2 rings (SSSR count). The number of benzene rings is 2. The van der Waals surface area contributed by atoms with Crippen LogP contribution in [0.15, 0.2) is 53.4 Å². The van der Waals surface area contributed by atoms with Crippen LogP contribution in [-0.4, -0.2) is 27.2 Å². The molecule has 0 heterocycles. The van der Waals surface area contributed by atoms with Gasteiger partial charge in [0.05, 0.1) is 10.9 Å². The highest BCUT2D eigenvalue weighted by Crippen LogP contribution is 2.19. The maximum absolute atomic E-state index is 12.1. The first-order chi connectivity index (χ1) is 11.8. The van der Waals surface area contributed by atoms with Crippen LogP contribution in [0.2, 0.25) is 5.02 Å². The first-order valence-electron chi connectivity index (χ1n) is 7.77. The van der Waals surface area contributed by atoms with Crippen LogP contribution in [0, 0.1) is 0 Å². The molecule has 0 spiro atoms. The Hall–Kier alpha value is -2.05. The van der Waals surface area contributed by atoms with Crippen LogP contribution in [0.4, 0.5) is 0 Å². The summed E-state index contributed by atoms with van der Waals surface area (Å²) in [6, 6.07) is 13.1. The van der Waals surface area contributed by atoms with Gasteiger partial charge in [0.15, 0.2) is 16.4 Å². The fourth-order valence-corrected chi connectivity index (χ4v) is 3.04. The monoisotopic (exact) mass is 381 g/mol. The molecule has 0 saturated carbocycles. The smallest absolute Gasteiger partial charge is 0.258 e. The fraction of sp³-hybridized carbons (Fsp3) is 0.278. The lowest BCUT2D eigenvalue weighted by atomic mass is 10.0. The van der Waals surface area contributed by atoms with Crippen LogP contribution in [-0.2, 0) is 14.6 Å². The van der Waals surface area contributed by atoms with Crippen LogP contribution in [0.5, 0.6) is 5.75 Å². The molecule has 0 aliphatic heterocycles. The van der Waals surface area contributed by atoms with E-state index in [1.807, 2.05) is 6.92 Å². The van der Waals surface area contributed by atoms with Gasteiger partial charge in [-0.1, -0.05) is 30.7 Å². The van der Waals surface area contributed by atoms with Gasteiger partial charge in [0.2, 0.25) is 0 Å². The summed E-state index contributed by atoms with van der Waals surface area (Å²) in [6.45, 7) is 1.83. The Labute approximate surface area is 152 Å². The molecule has 1 N–H and O–H groups in total. The van der Waals surface area contributed by atoms with Gasteiger partial charge in [-0.3, -0.25) is 4.79 Å². The van der Waals surface area contributed by atoms with Crippen LogP contribution < -0.4 is 10.1 Å². The van der Waals surface area contributed by atoms with E-state index >= 15 is 0 Å². The molecule has 0 aliphatic carbocycles. The van der Waals surface area contributed by atoms with Crippen LogP contribution >= 0.6 is 11.6 Å². The van der Waals surface area contributed by atoms with E-state index in [2.05, 4.69) is 5.32 Å². The average molecular weight is 382 g/mol. The minimum absolute atomic E-state index is 0.112. The van der Waals surface area contributed by atoms with Crippen molar-refractivity contribution >= 4 is 27.3 Å². The summed E-state index contributed by atoms with van der Waals surface area (Å²) in [5.74, 6) is 0.305. The number of carbonyl (C=O) groups excluding carboxylic acids is 1.